The van der Waals surface area contributed by atoms with Crippen LogP contribution >= 0.6 is 0 Å². The second-order valence-corrected chi connectivity index (χ2v) is 5.73. The van der Waals surface area contributed by atoms with Crippen molar-refractivity contribution in [2.75, 3.05) is 26.9 Å². The van der Waals surface area contributed by atoms with Crippen LogP contribution in [0.25, 0.3) is 0 Å². The van der Waals surface area contributed by atoms with Crippen LogP contribution in [0.15, 0.2) is 0 Å². The lowest BCUT2D eigenvalue weighted by Crippen LogP contribution is -2.15. The van der Waals surface area contributed by atoms with Crippen molar-refractivity contribution in [2.45, 2.75) is 58.3 Å². The van der Waals surface area contributed by atoms with Crippen LogP contribution < -0.4 is 0 Å². The van der Waals surface area contributed by atoms with E-state index < -0.39 is 0 Å². The third-order valence-corrected chi connectivity index (χ3v) is 4.33. The van der Waals surface area contributed by atoms with E-state index in [1.807, 2.05) is 0 Å². The zero-order valence-corrected chi connectivity index (χ0v) is 12.7. The first kappa shape index (κ1) is 16.6. The number of methoxy groups -OCH3 is 1. The van der Waals surface area contributed by atoms with E-state index in [0.717, 1.165) is 24.7 Å². The van der Waals surface area contributed by atoms with Crippen LogP contribution in [0.1, 0.15) is 58.3 Å². The Balaban J connectivity index is 1.98. The van der Waals surface area contributed by atoms with Gasteiger partial charge >= 0.3 is 0 Å². The lowest BCUT2D eigenvalue weighted by molar-refractivity contribution is -0.120. The quantitative estimate of drug-likeness (QED) is 0.569. The maximum atomic E-state index is 11.7. The van der Waals surface area contributed by atoms with Crippen LogP contribution in [0.4, 0.5) is 0 Å². The highest BCUT2D eigenvalue weighted by molar-refractivity contribution is 5.78. The van der Waals surface area contributed by atoms with Crippen molar-refractivity contribution in [3.05, 3.63) is 0 Å². The van der Waals surface area contributed by atoms with Gasteiger partial charge in [-0.15, -0.1) is 0 Å². The Labute approximate surface area is 118 Å². The minimum Gasteiger partial charge on any atom is -0.382 e. The second kappa shape index (κ2) is 10.4. The number of ketones is 1. The predicted molar refractivity (Wildman–Crippen MR) is 77.3 cm³/mol. The summed E-state index contributed by atoms with van der Waals surface area (Å²) in [6, 6.07) is 0. The fourth-order valence-electron chi connectivity index (χ4n) is 2.85. The van der Waals surface area contributed by atoms with Gasteiger partial charge in [-0.2, -0.15) is 0 Å². The molecule has 0 saturated heterocycles. The molecule has 0 N–H and O–H groups in total. The van der Waals surface area contributed by atoms with Crippen molar-refractivity contribution in [3.63, 3.8) is 0 Å². The molecule has 0 bridgehead atoms. The van der Waals surface area contributed by atoms with Gasteiger partial charge in [0.1, 0.15) is 5.78 Å². The highest BCUT2D eigenvalue weighted by Gasteiger charge is 2.20. The third-order valence-electron chi connectivity index (χ3n) is 4.33. The first-order valence-electron chi connectivity index (χ1n) is 7.84. The molecule has 0 aliphatic heterocycles. The number of Topliss-reactive ketones (excluding diaryl/α,β-unsaturated/α-hetero) is 1. The molecule has 112 valence electrons. The third kappa shape index (κ3) is 7.68. The lowest BCUT2D eigenvalue weighted by atomic mass is 9.79. The Morgan fingerprint density at radius 2 is 1.68 bits per heavy atom. The number of carbonyl (C=O) groups excluding carboxylic acids is 1. The van der Waals surface area contributed by atoms with Crippen molar-refractivity contribution in [1.29, 1.82) is 0 Å². The van der Waals surface area contributed by atoms with Crippen LogP contribution in [0.3, 0.4) is 0 Å². The van der Waals surface area contributed by atoms with E-state index in [-0.39, 0.29) is 0 Å². The molecule has 0 radical (unpaired) electrons. The number of rotatable bonds is 10. The molecule has 1 saturated carbocycles. The molecule has 0 heterocycles. The molecule has 1 aliphatic carbocycles. The maximum Gasteiger partial charge on any atom is 0.135 e. The molecule has 0 spiro atoms. The average molecular weight is 270 g/mol. The largest absolute Gasteiger partial charge is 0.382 e. The normalized spacial score (nSPS) is 23.5. The minimum atomic E-state index is 0.357. The average Bonchev–Trinajstić information content (AvgIpc) is 2.45. The van der Waals surface area contributed by atoms with Crippen molar-refractivity contribution >= 4 is 5.78 Å². The Morgan fingerprint density at radius 1 is 1.00 bits per heavy atom. The van der Waals surface area contributed by atoms with Gasteiger partial charge in [0.2, 0.25) is 0 Å². The van der Waals surface area contributed by atoms with Crippen LogP contribution in [0, 0.1) is 11.8 Å². The van der Waals surface area contributed by atoms with Crippen molar-refractivity contribution in [3.8, 4) is 0 Å². The summed E-state index contributed by atoms with van der Waals surface area (Å²) in [5.41, 5.74) is 0. The van der Waals surface area contributed by atoms with Gasteiger partial charge in [0.05, 0.1) is 19.8 Å². The van der Waals surface area contributed by atoms with Gasteiger partial charge in [0, 0.05) is 20.0 Å². The Morgan fingerprint density at radius 3 is 2.32 bits per heavy atom. The number of hydrogen-bond acceptors (Lipinski definition) is 3. The summed E-state index contributed by atoms with van der Waals surface area (Å²) in [5.74, 6) is 2.09. The van der Waals surface area contributed by atoms with E-state index in [1.165, 1.54) is 32.1 Å². The Hall–Kier alpha value is -0.410. The van der Waals surface area contributed by atoms with Gasteiger partial charge in [-0.25, -0.2) is 0 Å². The molecule has 3 heteroatoms. The monoisotopic (exact) mass is 270 g/mol. The summed E-state index contributed by atoms with van der Waals surface area (Å²) in [6.07, 6.45) is 9.12. The van der Waals surface area contributed by atoms with Crippen molar-refractivity contribution in [1.82, 2.24) is 0 Å². The number of hydrogen-bond donors (Lipinski definition) is 0. The first-order valence-corrected chi connectivity index (χ1v) is 7.84. The van der Waals surface area contributed by atoms with E-state index in [2.05, 4.69) is 6.92 Å². The molecule has 1 rings (SSSR count). The fourth-order valence-corrected chi connectivity index (χ4v) is 2.85. The summed E-state index contributed by atoms with van der Waals surface area (Å²) in [7, 11) is 1.65. The topological polar surface area (TPSA) is 35.5 Å². The standard InChI is InChI=1S/C16H30O3/c1-3-14-4-6-15(7-5-14)8-9-16(17)10-11-19-13-12-18-2/h14-15H,3-13H2,1-2H3. The van der Waals surface area contributed by atoms with E-state index in [0.29, 0.717) is 32.0 Å². The molecule has 3 nitrogen and oxygen atoms in total. The zero-order chi connectivity index (χ0) is 13.9. The first-order chi connectivity index (χ1) is 9.26. The summed E-state index contributed by atoms with van der Waals surface area (Å²) in [4.78, 5) is 11.7. The van der Waals surface area contributed by atoms with Gasteiger partial charge in [0.15, 0.2) is 0 Å². The predicted octanol–water partition coefficient (Wildman–Crippen LogP) is 3.61. The highest BCUT2D eigenvalue weighted by atomic mass is 16.5. The van der Waals surface area contributed by atoms with Gasteiger partial charge in [0.25, 0.3) is 0 Å². The Bertz CT molecular complexity index is 232. The molecule has 1 aliphatic rings. The van der Waals surface area contributed by atoms with E-state index in [9.17, 15) is 4.79 Å². The summed E-state index contributed by atoms with van der Waals surface area (Å²) >= 11 is 0. The Kier molecular flexibility index (Phi) is 9.10. The smallest absolute Gasteiger partial charge is 0.135 e. The van der Waals surface area contributed by atoms with Crippen LogP contribution in [0.5, 0.6) is 0 Å². The lowest BCUT2D eigenvalue weighted by Gasteiger charge is -2.27. The number of ether oxygens (including phenoxy) is 2. The number of carbonyl (C=O) groups is 1. The summed E-state index contributed by atoms with van der Waals surface area (Å²) < 4.78 is 10.2. The molecular formula is C16H30O3. The summed E-state index contributed by atoms with van der Waals surface area (Å²) in [5, 5.41) is 0. The molecule has 0 aromatic carbocycles. The molecule has 0 atom stereocenters. The van der Waals surface area contributed by atoms with Gasteiger partial charge < -0.3 is 9.47 Å². The van der Waals surface area contributed by atoms with Gasteiger partial charge in [-0.1, -0.05) is 39.0 Å². The summed E-state index contributed by atoms with van der Waals surface area (Å²) in [6.45, 7) is 4.03. The van der Waals surface area contributed by atoms with Crippen LogP contribution in [-0.4, -0.2) is 32.7 Å². The molecule has 0 aromatic rings. The molecule has 1 fully saturated rings. The second-order valence-electron chi connectivity index (χ2n) is 5.73. The molecular weight excluding hydrogens is 240 g/mol. The van der Waals surface area contributed by atoms with E-state index in [1.54, 1.807) is 7.11 Å². The molecule has 19 heavy (non-hydrogen) atoms. The molecule has 0 aromatic heterocycles. The highest BCUT2D eigenvalue weighted by Crippen LogP contribution is 2.33. The molecule has 0 unspecified atom stereocenters. The van der Waals surface area contributed by atoms with Crippen LogP contribution in [0.2, 0.25) is 0 Å². The van der Waals surface area contributed by atoms with Gasteiger partial charge in [-0.3, -0.25) is 4.79 Å². The maximum absolute atomic E-state index is 11.7. The SMILES string of the molecule is CCC1CCC(CCC(=O)CCOCCOC)CC1. The van der Waals surface area contributed by atoms with Crippen molar-refractivity contribution < 1.29 is 14.3 Å². The minimum absolute atomic E-state index is 0.357. The van der Waals surface area contributed by atoms with Gasteiger partial charge in [-0.05, 0) is 18.3 Å². The van der Waals surface area contributed by atoms with E-state index in [4.69, 9.17) is 9.47 Å². The van der Waals surface area contributed by atoms with Crippen LogP contribution in [-0.2, 0) is 14.3 Å². The zero-order valence-electron chi connectivity index (χ0n) is 12.7. The van der Waals surface area contributed by atoms with E-state index >= 15 is 0 Å². The molecule has 0 amide bonds. The van der Waals surface area contributed by atoms with Crippen molar-refractivity contribution in [2.24, 2.45) is 11.8 Å². The fraction of sp³-hybridized carbons (Fsp3) is 0.938.